The summed E-state index contributed by atoms with van der Waals surface area (Å²) < 4.78 is 50.2. The number of carbonyl (C=O) groups excluding carboxylic acids is 3. The molecule has 0 spiro atoms. The lowest BCUT2D eigenvalue weighted by Gasteiger charge is -2.40. The van der Waals surface area contributed by atoms with Crippen molar-refractivity contribution in [3.8, 4) is 11.5 Å². The van der Waals surface area contributed by atoms with Gasteiger partial charge in [0.05, 0.1) is 12.3 Å². The quantitative estimate of drug-likeness (QED) is 0.223. The van der Waals surface area contributed by atoms with E-state index in [2.05, 4.69) is 26.1 Å². The summed E-state index contributed by atoms with van der Waals surface area (Å²) in [5, 5.41) is 12.5. The van der Waals surface area contributed by atoms with Crippen LogP contribution in [-0.4, -0.2) is 91.1 Å². The van der Waals surface area contributed by atoms with Crippen LogP contribution in [0.5, 0.6) is 11.5 Å². The predicted molar refractivity (Wildman–Crippen MR) is 207 cm³/mol. The lowest BCUT2D eigenvalue weighted by molar-refractivity contribution is -0.136. The van der Waals surface area contributed by atoms with Gasteiger partial charge in [0.2, 0.25) is 11.8 Å². The molecule has 4 aromatic carbocycles. The number of benzene rings is 4. The molecule has 9 rings (SSSR count). The van der Waals surface area contributed by atoms with Crippen molar-refractivity contribution < 1.29 is 37.4 Å². The van der Waals surface area contributed by atoms with Crippen LogP contribution in [0.2, 0.25) is 0 Å². The summed E-state index contributed by atoms with van der Waals surface area (Å²) in [6.45, 7) is 6.50. The Kier molecular flexibility index (Phi) is 9.80. The number of fused-ring (bicyclic) bond motifs is 2. The van der Waals surface area contributed by atoms with E-state index in [1.165, 1.54) is 12.1 Å². The van der Waals surface area contributed by atoms with E-state index in [1.807, 2.05) is 24.3 Å². The topological polar surface area (TPSA) is 106 Å². The van der Waals surface area contributed by atoms with Crippen molar-refractivity contribution in [1.82, 2.24) is 15.1 Å². The van der Waals surface area contributed by atoms with Crippen molar-refractivity contribution >= 4 is 29.1 Å². The number of nitrogens with one attached hydrogen (secondary N) is 1. The summed E-state index contributed by atoms with van der Waals surface area (Å²) >= 11 is 0. The summed E-state index contributed by atoms with van der Waals surface area (Å²) in [7, 11) is 0. The third kappa shape index (κ3) is 7.17. The lowest BCUT2D eigenvalue weighted by atomic mass is 9.75. The number of imide groups is 1. The molecule has 3 saturated heterocycles. The number of ether oxygens (including phenoxy) is 1. The van der Waals surface area contributed by atoms with Crippen LogP contribution in [0.15, 0.2) is 72.8 Å². The highest BCUT2D eigenvalue weighted by atomic mass is 19.2. The largest absolute Gasteiger partial charge is 0.508 e. The van der Waals surface area contributed by atoms with Crippen molar-refractivity contribution in [3.63, 3.8) is 0 Å². The number of halogens is 3. The number of rotatable bonds is 7. The molecule has 2 N–H and O–H groups in total. The Morgan fingerprint density at radius 3 is 2.28 bits per heavy atom. The van der Waals surface area contributed by atoms with Crippen LogP contribution in [0, 0.1) is 23.4 Å². The van der Waals surface area contributed by atoms with Crippen LogP contribution < -0.4 is 19.9 Å². The van der Waals surface area contributed by atoms with E-state index in [0.29, 0.717) is 47.0 Å². The van der Waals surface area contributed by atoms with E-state index in [-0.39, 0.29) is 36.4 Å². The number of phenolic OH excluding ortho intramolecular Hbond substituents is 1. The Bertz CT molecular complexity index is 2240. The van der Waals surface area contributed by atoms with E-state index in [1.54, 1.807) is 29.2 Å². The zero-order valence-corrected chi connectivity index (χ0v) is 31.4. The molecule has 0 aromatic heterocycles. The number of carbonyl (C=O) groups is 3. The molecule has 0 bridgehead atoms. The molecular formula is C44H44F3N5O5. The van der Waals surface area contributed by atoms with Crippen LogP contribution in [0.1, 0.15) is 70.1 Å². The SMILES string of the molecule is O=C1CCC(N2Cc3cc(N4CCN(CC5CCN(c6ccc([C@@H]7c8ccc(O)cc8OCC7c7ccc(F)c(F)c7)cc6F)CC5)CC4)ccc3C2=O)C(=O)N1. The summed E-state index contributed by atoms with van der Waals surface area (Å²) in [5.74, 6) is -2.89. The first-order valence-corrected chi connectivity index (χ1v) is 19.8. The molecular weight excluding hydrogens is 736 g/mol. The summed E-state index contributed by atoms with van der Waals surface area (Å²) in [5.41, 5.74) is 5.11. The summed E-state index contributed by atoms with van der Waals surface area (Å²) in [6.07, 6.45) is 2.46. The molecule has 5 heterocycles. The Labute approximate surface area is 328 Å². The van der Waals surface area contributed by atoms with Gasteiger partial charge >= 0.3 is 0 Å². The molecule has 57 heavy (non-hydrogen) atoms. The average Bonchev–Trinajstić information content (AvgIpc) is 3.53. The van der Waals surface area contributed by atoms with Crippen molar-refractivity contribution in [3.05, 3.63) is 118 Å². The number of amides is 3. The van der Waals surface area contributed by atoms with Crippen LogP contribution in [0.4, 0.5) is 24.5 Å². The molecule has 10 nitrogen and oxygen atoms in total. The average molecular weight is 780 g/mol. The highest BCUT2D eigenvalue weighted by molar-refractivity contribution is 6.05. The molecule has 13 heteroatoms. The van der Waals surface area contributed by atoms with Gasteiger partial charge in [-0.2, -0.15) is 0 Å². The smallest absolute Gasteiger partial charge is 0.255 e. The normalized spacial score (nSPS) is 23.0. The van der Waals surface area contributed by atoms with Gasteiger partial charge in [-0.3, -0.25) is 24.6 Å². The Hall–Kier alpha value is -5.56. The minimum Gasteiger partial charge on any atom is -0.508 e. The number of phenols is 1. The van der Waals surface area contributed by atoms with Crippen molar-refractivity contribution in [2.24, 2.45) is 5.92 Å². The van der Waals surface area contributed by atoms with Crippen LogP contribution in [0.25, 0.3) is 0 Å². The highest BCUT2D eigenvalue weighted by Gasteiger charge is 2.40. The second kappa shape index (κ2) is 15.1. The van der Waals surface area contributed by atoms with Gasteiger partial charge in [-0.1, -0.05) is 18.2 Å². The fourth-order valence-corrected chi connectivity index (χ4v) is 9.48. The lowest BCUT2D eigenvalue weighted by Crippen LogP contribution is -2.52. The number of aromatic hydroxyl groups is 1. The molecule has 0 saturated carbocycles. The molecule has 5 aliphatic heterocycles. The highest BCUT2D eigenvalue weighted by Crippen LogP contribution is 2.48. The molecule has 3 atom stereocenters. The molecule has 3 amide bonds. The van der Waals surface area contributed by atoms with E-state index < -0.39 is 35.4 Å². The van der Waals surface area contributed by atoms with Gasteiger partial charge in [-0.05, 0) is 90.4 Å². The zero-order chi connectivity index (χ0) is 39.4. The fraction of sp³-hybridized carbons (Fsp3) is 0.386. The third-order valence-corrected chi connectivity index (χ3v) is 12.6. The van der Waals surface area contributed by atoms with Crippen molar-refractivity contribution in [2.45, 2.75) is 50.1 Å². The summed E-state index contributed by atoms with van der Waals surface area (Å²) in [4.78, 5) is 45.8. The monoisotopic (exact) mass is 779 g/mol. The molecule has 5 aliphatic rings. The Balaban J connectivity index is 0.803. The number of nitrogens with zero attached hydrogens (tertiary/aromatic N) is 4. The molecule has 4 aromatic rings. The second-order valence-electron chi connectivity index (χ2n) is 16.0. The number of hydrogen-bond donors (Lipinski definition) is 2. The maximum Gasteiger partial charge on any atom is 0.255 e. The zero-order valence-electron chi connectivity index (χ0n) is 31.4. The maximum atomic E-state index is 16.1. The second-order valence-corrected chi connectivity index (χ2v) is 16.0. The van der Waals surface area contributed by atoms with Crippen LogP contribution in [0.3, 0.4) is 0 Å². The van der Waals surface area contributed by atoms with Crippen LogP contribution >= 0.6 is 0 Å². The van der Waals surface area contributed by atoms with Gasteiger partial charge in [-0.25, -0.2) is 13.2 Å². The minimum atomic E-state index is -0.952. The first-order chi connectivity index (χ1) is 27.6. The first kappa shape index (κ1) is 37.0. The van der Waals surface area contributed by atoms with Crippen molar-refractivity contribution in [1.29, 1.82) is 0 Å². The Morgan fingerprint density at radius 1 is 0.754 bits per heavy atom. The molecule has 0 radical (unpaired) electrons. The molecule has 2 unspecified atom stereocenters. The number of piperidine rings is 2. The molecule has 3 fully saturated rings. The van der Waals surface area contributed by atoms with E-state index in [9.17, 15) is 28.3 Å². The standard InChI is InChI=1S/C44H44F3N5O5/c45-35-7-1-27(20-36(35)46)34-25-57-40-22-31(53)4-6-33(40)42(34)28-2-8-38(37(47)21-28)51-13-11-26(12-14-51)23-49-15-17-50(18-16-49)30-3-5-32-29(19-30)24-52(44(32)56)39-9-10-41(54)48-43(39)55/h1-8,19-22,26,34,39,42,53H,9-18,23-25H2,(H,48,54,55)/t34?,39?,42-/m1/s1. The van der Waals surface area contributed by atoms with E-state index in [0.717, 1.165) is 81.5 Å². The fourth-order valence-electron chi connectivity index (χ4n) is 9.48. The number of anilines is 2. The van der Waals surface area contributed by atoms with Gasteiger partial charge in [0, 0.05) is 93.5 Å². The first-order valence-electron chi connectivity index (χ1n) is 19.8. The van der Waals surface area contributed by atoms with E-state index >= 15 is 4.39 Å². The van der Waals surface area contributed by atoms with Crippen LogP contribution in [-0.2, 0) is 16.1 Å². The van der Waals surface area contributed by atoms with E-state index in [4.69, 9.17) is 4.74 Å². The number of piperazine rings is 1. The molecule has 296 valence electrons. The minimum absolute atomic E-state index is 0.0448. The Morgan fingerprint density at radius 2 is 1.53 bits per heavy atom. The van der Waals surface area contributed by atoms with Gasteiger partial charge < -0.3 is 24.5 Å². The van der Waals surface area contributed by atoms with Gasteiger partial charge in [0.15, 0.2) is 11.6 Å². The van der Waals surface area contributed by atoms with Gasteiger partial charge in [0.25, 0.3) is 5.91 Å². The van der Waals surface area contributed by atoms with Gasteiger partial charge in [0.1, 0.15) is 23.4 Å². The third-order valence-electron chi connectivity index (χ3n) is 12.6. The van der Waals surface area contributed by atoms with Gasteiger partial charge in [-0.15, -0.1) is 0 Å². The maximum absolute atomic E-state index is 16.1. The molecule has 0 aliphatic carbocycles. The predicted octanol–water partition coefficient (Wildman–Crippen LogP) is 5.92. The number of hydrogen-bond acceptors (Lipinski definition) is 8. The summed E-state index contributed by atoms with van der Waals surface area (Å²) in [6, 6.07) is 19.2. The van der Waals surface area contributed by atoms with Crippen molar-refractivity contribution in [2.75, 3.05) is 62.2 Å².